The number of hydrogen-bond acceptors (Lipinski definition) is 9. The van der Waals surface area contributed by atoms with Crippen LogP contribution in [0.25, 0.3) is 0 Å². The SMILES string of the molecule is COc1ccc([C@@H](C(=O)NCc2ccccc2)N(C(=O)c2snc(C(N)=O)c2N)c2ccc3c(c2)OCO3)cc1. The zero-order valence-corrected chi connectivity index (χ0v) is 22.1. The van der Waals surface area contributed by atoms with Gasteiger partial charge >= 0.3 is 0 Å². The van der Waals surface area contributed by atoms with E-state index in [2.05, 4.69) is 9.69 Å². The maximum atomic E-state index is 14.2. The van der Waals surface area contributed by atoms with Gasteiger partial charge in [-0.3, -0.25) is 19.3 Å². The average molecular weight is 560 g/mol. The van der Waals surface area contributed by atoms with E-state index in [0.29, 0.717) is 28.5 Å². The van der Waals surface area contributed by atoms with Gasteiger partial charge in [0.1, 0.15) is 16.7 Å². The molecule has 1 aromatic heterocycles. The molecule has 40 heavy (non-hydrogen) atoms. The Labute approximate surface area is 233 Å². The highest BCUT2D eigenvalue weighted by atomic mass is 32.1. The van der Waals surface area contributed by atoms with E-state index in [9.17, 15) is 14.4 Å². The Bertz CT molecular complexity index is 1560. The molecule has 5 rings (SSSR count). The van der Waals surface area contributed by atoms with Gasteiger partial charge in [0.15, 0.2) is 17.2 Å². The summed E-state index contributed by atoms with van der Waals surface area (Å²) >= 11 is 0.727. The molecule has 0 saturated carbocycles. The van der Waals surface area contributed by atoms with E-state index in [1.54, 1.807) is 42.5 Å². The molecule has 1 aliphatic rings. The monoisotopic (exact) mass is 559 g/mol. The minimum absolute atomic E-state index is 0.0238. The second kappa shape index (κ2) is 11.3. The summed E-state index contributed by atoms with van der Waals surface area (Å²) in [5, 5.41) is 2.94. The minimum Gasteiger partial charge on any atom is -0.497 e. The van der Waals surface area contributed by atoms with Crippen molar-refractivity contribution >= 4 is 40.6 Å². The number of ether oxygens (including phenoxy) is 3. The van der Waals surface area contributed by atoms with E-state index >= 15 is 0 Å². The third kappa shape index (κ3) is 5.24. The number of rotatable bonds is 9. The Hall–Kier alpha value is -5.10. The van der Waals surface area contributed by atoms with Crippen molar-refractivity contribution in [2.45, 2.75) is 12.6 Å². The van der Waals surface area contributed by atoms with Gasteiger partial charge < -0.3 is 31.0 Å². The number of fused-ring (bicyclic) bond motifs is 1. The van der Waals surface area contributed by atoms with Crippen molar-refractivity contribution in [2.75, 3.05) is 24.5 Å². The molecule has 11 nitrogen and oxygen atoms in total. The fourth-order valence-corrected chi connectivity index (χ4v) is 4.99. The Kier molecular flexibility index (Phi) is 7.51. The smallest absolute Gasteiger partial charge is 0.273 e. The van der Waals surface area contributed by atoms with Crippen molar-refractivity contribution in [2.24, 2.45) is 5.73 Å². The molecule has 0 unspecified atom stereocenters. The number of methoxy groups -OCH3 is 1. The molecule has 1 atom stereocenters. The minimum atomic E-state index is -1.17. The fraction of sp³-hybridized carbons (Fsp3) is 0.143. The number of hydrogen-bond donors (Lipinski definition) is 3. The van der Waals surface area contributed by atoms with Crippen LogP contribution in [0.3, 0.4) is 0 Å². The molecule has 4 aromatic rings. The molecule has 12 heteroatoms. The van der Waals surface area contributed by atoms with Crippen LogP contribution in [-0.4, -0.2) is 36.0 Å². The highest BCUT2D eigenvalue weighted by Crippen LogP contribution is 2.40. The van der Waals surface area contributed by atoms with Crippen LogP contribution in [0.2, 0.25) is 0 Å². The summed E-state index contributed by atoms with van der Waals surface area (Å²) in [4.78, 5) is 41.2. The van der Waals surface area contributed by atoms with Gasteiger partial charge in [0.25, 0.3) is 11.8 Å². The molecule has 0 fully saturated rings. The number of anilines is 2. The van der Waals surface area contributed by atoms with Gasteiger partial charge in [0, 0.05) is 18.3 Å². The van der Waals surface area contributed by atoms with Crippen molar-refractivity contribution in [3.05, 3.63) is 94.5 Å². The number of nitrogen functional groups attached to an aromatic ring is 1. The molecule has 0 saturated heterocycles. The normalized spacial score (nSPS) is 12.4. The van der Waals surface area contributed by atoms with E-state index < -0.39 is 23.8 Å². The predicted molar refractivity (Wildman–Crippen MR) is 148 cm³/mol. The Morgan fingerprint density at radius 1 is 1.05 bits per heavy atom. The molecule has 3 amide bonds. The molecule has 3 aromatic carbocycles. The summed E-state index contributed by atoms with van der Waals surface area (Å²) in [5.74, 6) is -0.501. The lowest BCUT2D eigenvalue weighted by atomic mass is 10.0. The average Bonchev–Trinajstić information content (AvgIpc) is 3.61. The second-order valence-electron chi connectivity index (χ2n) is 8.73. The summed E-state index contributed by atoms with van der Waals surface area (Å²) in [7, 11) is 1.53. The number of nitrogens with one attached hydrogen (secondary N) is 1. The molecule has 5 N–H and O–H groups in total. The van der Waals surface area contributed by atoms with Crippen LogP contribution < -0.4 is 35.9 Å². The number of amides is 3. The third-order valence-electron chi connectivity index (χ3n) is 6.26. The first-order valence-electron chi connectivity index (χ1n) is 12.1. The maximum Gasteiger partial charge on any atom is 0.273 e. The number of benzene rings is 3. The number of nitrogens with two attached hydrogens (primary N) is 2. The lowest BCUT2D eigenvalue weighted by Crippen LogP contribution is -2.44. The van der Waals surface area contributed by atoms with Crippen molar-refractivity contribution < 1.29 is 28.6 Å². The Balaban J connectivity index is 1.62. The largest absolute Gasteiger partial charge is 0.497 e. The van der Waals surface area contributed by atoms with Gasteiger partial charge in [-0.1, -0.05) is 42.5 Å². The molecule has 204 valence electrons. The van der Waals surface area contributed by atoms with Crippen molar-refractivity contribution in [1.82, 2.24) is 9.69 Å². The number of nitrogens with zero attached hydrogens (tertiary/aromatic N) is 2. The third-order valence-corrected chi connectivity index (χ3v) is 7.11. The van der Waals surface area contributed by atoms with Crippen LogP contribution in [0.15, 0.2) is 72.8 Å². The first kappa shape index (κ1) is 26.5. The van der Waals surface area contributed by atoms with E-state index in [4.69, 9.17) is 25.7 Å². The van der Waals surface area contributed by atoms with Crippen molar-refractivity contribution in [3.63, 3.8) is 0 Å². The summed E-state index contributed by atoms with van der Waals surface area (Å²) in [5.41, 5.74) is 12.9. The number of carbonyl (C=O) groups excluding carboxylic acids is 3. The first-order valence-corrected chi connectivity index (χ1v) is 12.9. The van der Waals surface area contributed by atoms with E-state index in [0.717, 1.165) is 17.1 Å². The van der Waals surface area contributed by atoms with Crippen LogP contribution in [0.1, 0.15) is 37.3 Å². The number of aromatic nitrogens is 1. The molecule has 0 radical (unpaired) electrons. The van der Waals surface area contributed by atoms with Crippen LogP contribution in [0, 0.1) is 0 Å². The van der Waals surface area contributed by atoms with Crippen LogP contribution in [0.5, 0.6) is 17.2 Å². The fourth-order valence-electron chi connectivity index (χ4n) is 4.24. The first-order chi connectivity index (χ1) is 19.4. The zero-order valence-electron chi connectivity index (χ0n) is 21.3. The topological polar surface area (TPSA) is 159 Å². The van der Waals surface area contributed by atoms with Crippen LogP contribution in [0.4, 0.5) is 11.4 Å². The van der Waals surface area contributed by atoms with Gasteiger partial charge in [0.2, 0.25) is 12.7 Å². The Morgan fingerprint density at radius 3 is 2.45 bits per heavy atom. The van der Waals surface area contributed by atoms with Crippen molar-refractivity contribution in [1.29, 1.82) is 0 Å². The van der Waals surface area contributed by atoms with Crippen LogP contribution >= 0.6 is 11.5 Å². The van der Waals surface area contributed by atoms with Crippen LogP contribution in [-0.2, 0) is 11.3 Å². The summed E-state index contributed by atoms with van der Waals surface area (Å²) in [6, 6.07) is 19.9. The van der Waals surface area contributed by atoms with Gasteiger partial charge in [0.05, 0.1) is 12.8 Å². The Morgan fingerprint density at radius 2 is 1.77 bits per heavy atom. The van der Waals surface area contributed by atoms with E-state index in [-0.39, 0.29) is 29.6 Å². The molecular formula is C28H25N5O6S. The highest BCUT2D eigenvalue weighted by Gasteiger charge is 2.36. The molecule has 2 heterocycles. The number of carbonyl (C=O) groups is 3. The zero-order chi connectivity index (χ0) is 28.2. The predicted octanol–water partition coefficient (Wildman–Crippen LogP) is 3.27. The van der Waals surface area contributed by atoms with Crippen molar-refractivity contribution in [3.8, 4) is 17.2 Å². The summed E-state index contributed by atoms with van der Waals surface area (Å²) in [6.45, 7) is 0.250. The summed E-state index contributed by atoms with van der Waals surface area (Å²) in [6.07, 6.45) is 0. The molecule has 0 spiro atoms. The standard InChI is InChI=1S/C28H25N5O6S/c1-37-19-10-7-17(8-11-19)24(27(35)31-14-16-5-3-2-4-6-16)33(18-9-12-20-21(13-18)39-15-38-20)28(36)25-22(29)23(26(30)34)32-40-25/h2-13,24H,14-15,29H2,1H3,(H2,30,34)(H,31,35)/t24-/m0/s1. The van der Waals surface area contributed by atoms with E-state index in [1.165, 1.54) is 12.0 Å². The van der Waals surface area contributed by atoms with E-state index in [1.807, 2.05) is 30.3 Å². The lowest BCUT2D eigenvalue weighted by molar-refractivity contribution is -0.122. The maximum absolute atomic E-state index is 14.2. The second-order valence-corrected chi connectivity index (χ2v) is 9.50. The van der Waals surface area contributed by atoms with Gasteiger partial charge in [-0.2, -0.15) is 4.37 Å². The van der Waals surface area contributed by atoms with Gasteiger partial charge in [-0.05, 0) is 46.9 Å². The highest BCUT2D eigenvalue weighted by molar-refractivity contribution is 7.09. The number of primary amides is 1. The molecule has 0 bridgehead atoms. The quantitative estimate of drug-likeness (QED) is 0.282. The molecule has 1 aliphatic heterocycles. The molecular weight excluding hydrogens is 534 g/mol. The van der Waals surface area contributed by atoms with Gasteiger partial charge in [-0.25, -0.2) is 0 Å². The lowest BCUT2D eigenvalue weighted by Gasteiger charge is -2.31. The summed E-state index contributed by atoms with van der Waals surface area (Å²) < 4.78 is 20.2. The molecule has 0 aliphatic carbocycles. The van der Waals surface area contributed by atoms with Gasteiger partial charge in [-0.15, -0.1) is 0 Å².